The Morgan fingerprint density at radius 3 is 2.40 bits per heavy atom. The third-order valence-corrected chi connectivity index (χ3v) is 5.06. The van der Waals surface area contributed by atoms with Gasteiger partial charge in [0, 0.05) is 15.4 Å². The second kappa shape index (κ2) is 5.46. The molecule has 1 nitrogen and oxygen atoms in total. The van der Waals surface area contributed by atoms with Crippen LogP contribution in [0.2, 0.25) is 0 Å². The number of halogens is 1. The standard InChI is InChI=1S/C12H17BrOS/c13-11-8-15-7-10(11)12(14)9-5-3-1-2-4-6-9/h7-9,12,14H,1-6H2. The van der Waals surface area contributed by atoms with Crippen LogP contribution in [0.25, 0.3) is 0 Å². The van der Waals surface area contributed by atoms with Gasteiger partial charge in [-0.05, 0) is 40.1 Å². The fourth-order valence-corrected chi connectivity index (χ4v) is 3.94. The van der Waals surface area contributed by atoms with E-state index >= 15 is 0 Å². The molecule has 0 aromatic carbocycles. The van der Waals surface area contributed by atoms with E-state index in [1.165, 1.54) is 38.5 Å². The van der Waals surface area contributed by atoms with E-state index in [1.807, 2.05) is 0 Å². The molecule has 0 aliphatic heterocycles. The fraction of sp³-hybridized carbons (Fsp3) is 0.667. The molecule has 1 saturated carbocycles. The molecule has 1 unspecified atom stereocenters. The first kappa shape index (κ1) is 11.6. The van der Waals surface area contributed by atoms with Crippen LogP contribution >= 0.6 is 27.3 Å². The average Bonchev–Trinajstić information content (AvgIpc) is 2.53. The predicted molar refractivity (Wildman–Crippen MR) is 68.2 cm³/mol. The number of hydrogen-bond donors (Lipinski definition) is 1. The van der Waals surface area contributed by atoms with Gasteiger partial charge in [-0.2, -0.15) is 11.3 Å². The number of hydrogen-bond acceptors (Lipinski definition) is 2. The maximum atomic E-state index is 10.3. The Morgan fingerprint density at radius 2 is 1.87 bits per heavy atom. The van der Waals surface area contributed by atoms with Crippen LogP contribution in [0.15, 0.2) is 15.2 Å². The van der Waals surface area contributed by atoms with Crippen LogP contribution in [-0.4, -0.2) is 5.11 Å². The molecule has 3 heteroatoms. The molecule has 0 saturated heterocycles. The lowest BCUT2D eigenvalue weighted by molar-refractivity contribution is 0.0986. The molecule has 0 amide bonds. The summed E-state index contributed by atoms with van der Waals surface area (Å²) in [6.07, 6.45) is 7.35. The van der Waals surface area contributed by atoms with Crippen molar-refractivity contribution in [2.75, 3.05) is 0 Å². The van der Waals surface area contributed by atoms with E-state index in [1.54, 1.807) is 11.3 Å². The molecule has 1 heterocycles. The van der Waals surface area contributed by atoms with Gasteiger partial charge >= 0.3 is 0 Å². The van der Waals surface area contributed by atoms with Gasteiger partial charge in [0.1, 0.15) is 0 Å². The minimum atomic E-state index is -0.260. The molecule has 1 atom stereocenters. The summed E-state index contributed by atoms with van der Waals surface area (Å²) in [7, 11) is 0. The molecular formula is C12H17BrOS. The maximum absolute atomic E-state index is 10.3. The van der Waals surface area contributed by atoms with E-state index < -0.39 is 0 Å². The zero-order valence-electron chi connectivity index (χ0n) is 8.79. The SMILES string of the molecule is OC(c1cscc1Br)C1CCCCCC1. The van der Waals surface area contributed by atoms with Gasteiger partial charge in [0.05, 0.1) is 6.10 Å². The zero-order chi connectivity index (χ0) is 10.7. The molecule has 0 spiro atoms. The van der Waals surface area contributed by atoms with Gasteiger partial charge in [0.25, 0.3) is 0 Å². The fourth-order valence-electron chi connectivity index (χ4n) is 2.38. The molecule has 15 heavy (non-hydrogen) atoms. The average molecular weight is 289 g/mol. The van der Waals surface area contributed by atoms with Crippen molar-refractivity contribution in [3.8, 4) is 0 Å². The van der Waals surface area contributed by atoms with Crippen LogP contribution in [0, 0.1) is 5.92 Å². The normalized spacial score (nSPS) is 21.2. The van der Waals surface area contributed by atoms with Crippen molar-refractivity contribution in [3.63, 3.8) is 0 Å². The summed E-state index contributed by atoms with van der Waals surface area (Å²) < 4.78 is 1.07. The van der Waals surface area contributed by atoms with Crippen LogP contribution in [0.5, 0.6) is 0 Å². The van der Waals surface area contributed by atoms with E-state index in [0.29, 0.717) is 5.92 Å². The van der Waals surface area contributed by atoms with E-state index in [-0.39, 0.29) is 6.10 Å². The van der Waals surface area contributed by atoms with Crippen molar-refractivity contribution in [1.29, 1.82) is 0 Å². The highest BCUT2D eigenvalue weighted by atomic mass is 79.9. The van der Waals surface area contributed by atoms with Crippen LogP contribution in [0.4, 0.5) is 0 Å². The Labute approximate surface area is 104 Å². The van der Waals surface area contributed by atoms with Gasteiger partial charge in [0.2, 0.25) is 0 Å². The van der Waals surface area contributed by atoms with Crippen LogP contribution in [-0.2, 0) is 0 Å². The van der Waals surface area contributed by atoms with Crippen molar-refractivity contribution in [2.45, 2.75) is 44.6 Å². The monoisotopic (exact) mass is 288 g/mol. The Bertz CT molecular complexity index is 302. The molecule has 2 rings (SSSR count). The van der Waals surface area contributed by atoms with Gasteiger partial charge in [-0.1, -0.05) is 25.7 Å². The van der Waals surface area contributed by atoms with Crippen LogP contribution in [0.1, 0.15) is 50.2 Å². The maximum Gasteiger partial charge on any atom is 0.0837 e. The number of rotatable bonds is 2. The topological polar surface area (TPSA) is 20.2 Å². The third-order valence-electron chi connectivity index (χ3n) is 3.31. The lowest BCUT2D eigenvalue weighted by Gasteiger charge is -2.20. The van der Waals surface area contributed by atoms with Gasteiger partial charge < -0.3 is 5.11 Å². The molecule has 1 aromatic heterocycles. The van der Waals surface area contributed by atoms with Gasteiger partial charge in [-0.3, -0.25) is 0 Å². The highest BCUT2D eigenvalue weighted by Crippen LogP contribution is 2.37. The molecule has 1 aliphatic carbocycles. The van der Waals surface area contributed by atoms with E-state index in [0.717, 1.165) is 10.0 Å². The van der Waals surface area contributed by atoms with Crippen molar-refractivity contribution in [3.05, 3.63) is 20.8 Å². The Balaban J connectivity index is 2.06. The Kier molecular flexibility index (Phi) is 4.23. The molecule has 1 aromatic rings. The summed E-state index contributed by atoms with van der Waals surface area (Å²) in [5, 5.41) is 14.4. The lowest BCUT2D eigenvalue weighted by Crippen LogP contribution is -2.11. The van der Waals surface area contributed by atoms with Crippen LogP contribution in [0.3, 0.4) is 0 Å². The van der Waals surface area contributed by atoms with Gasteiger partial charge in [0.15, 0.2) is 0 Å². The van der Waals surface area contributed by atoms with Crippen molar-refractivity contribution in [2.24, 2.45) is 5.92 Å². The second-order valence-electron chi connectivity index (χ2n) is 4.37. The summed E-state index contributed by atoms with van der Waals surface area (Å²) in [6, 6.07) is 0. The summed E-state index contributed by atoms with van der Waals surface area (Å²) in [4.78, 5) is 0. The van der Waals surface area contributed by atoms with Crippen molar-refractivity contribution >= 4 is 27.3 Å². The summed E-state index contributed by atoms with van der Waals surface area (Å²) in [6.45, 7) is 0. The highest BCUT2D eigenvalue weighted by molar-refractivity contribution is 9.10. The van der Waals surface area contributed by atoms with Gasteiger partial charge in [-0.25, -0.2) is 0 Å². The zero-order valence-corrected chi connectivity index (χ0v) is 11.2. The third kappa shape index (κ3) is 2.83. The number of aliphatic hydroxyl groups excluding tert-OH is 1. The second-order valence-corrected chi connectivity index (χ2v) is 5.97. The Hall–Kier alpha value is 0.140. The lowest BCUT2D eigenvalue weighted by atomic mass is 9.91. The molecule has 1 aliphatic rings. The predicted octanol–water partition coefficient (Wildman–Crippen LogP) is 4.51. The minimum Gasteiger partial charge on any atom is -0.388 e. The first-order valence-corrected chi connectivity index (χ1v) is 7.42. The smallest absolute Gasteiger partial charge is 0.0837 e. The molecule has 1 fully saturated rings. The van der Waals surface area contributed by atoms with Crippen molar-refractivity contribution in [1.82, 2.24) is 0 Å². The van der Waals surface area contributed by atoms with Crippen molar-refractivity contribution < 1.29 is 5.11 Å². The van der Waals surface area contributed by atoms with E-state index in [4.69, 9.17) is 0 Å². The minimum absolute atomic E-state index is 0.260. The first-order valence-electron chi connectivity index (χ1n) is 5.68. The first-order chi connectivity index (χ1) is 7.29. The highest BCUT2D eigenvalue weighted by Gasteiger charge is 2.23. The number of thiophene rings is 1. The molecule has 84 valence electrons. The van der Waals surface area contributed by atoms with Gasteiger partial charge in [-0.15, -0.1) is 0 Å². The van der Waals surface area contributed by atoms with E-state index in [2.05, 4.69) is 26.7 Å². The quantitative estimate of drug-likeness (QED) is 0.794. The van der Waals surface area contributed by atoms with Crippen LogP contribution < -0.4 is 0 Å². The molecule has 1 N–H and O–H groups in total. The summed E-state index contributed by atoms with van der Waals surface area (Å²) in [5.41, 5.74) is 1.09. The molecule has 0 radical (unpaired) electrons. The molecule has 0 bridgehead atoms. The summed E-state index contributed by atoms with van der Waals surface area (Å²) >= 11 is 5.16. The Morgan fingerprint density at radius 1 is 1.20 bits per heavy atom. The van der Waals surface area contributed by atoms with E-state index in [9.17, 15) is 5.11 Å². The number of aliphatic hydroxyl groups is 1. The largest absolute Gasteiger partial charge is 0.388 e. The molecular weight excluding hydrogens is 272 g/mol. The summed E-state index contributed by atoms with van der Waals surface area (Å²) in [5.74, 6) is 0.471.